The molecule has 0 fully saturated rings. The van der Waals surface area contributed by atoms with Crippen LogP contribution in [-0.4, -0.2) is 84.4 Å². The highest BCUT2D eigenvalue weighted by atomic mass is 127. The van der Waals surface area contributed by atoms with Crippen molar-refractivity contribution in [2.24, 2.45) is 0 Å². The monoisotopic (exact) mass is 2570 g/mol. The molecule has 0 aromatic heterocycles. The Morgan fingerprint density at radius 3 is 1.12 bits per heavy atom. The molecule has 0 atom stereocenters. The summed E-state index contributed by atoms with van der Waals surface area (Å²) in [6.07, 6.45) is 0. The van der Waals surface area contributed by atoms with Gasteiger partial charge in [0.1, 0.15) is 0 Å². The lowest BCUT2D eigenvalue weighted by Gasteiger charge is -2.13. The number of benzene rings is 9. The van der Waals surface area contributed by atoms with E-state index in [0.717, 1.165) is 21.4 Å². The number of carbonyl (C=O) groups is 9. The highest BCUT2D eigenvalue weighted by Gasteiger charge is 2.11. The topological polar surface area (TPSA) is 483 Å². The summed E-state index contributed by atoms with van der Waals surface area (Å²) in [5.74, 6) is -13.0. The maximum Gasteiger partial charge on any atom is 0.336 e. The van der Waals surface area contributed by atoms with Crippen molar-refractivity contribution >= 4 is 302 Å². The molecule has 0 unspecified atom stereocenters. The van der Waals surface area contributed by atoms with Gasteiger partial charge in [0.05, 0.1) is 51.3 Å². The first-order chi connectivity index (χ1) is 45.6. The number of hydrogen-bond donors (Lipinski definition) is 6. The zero-order valence-corrected chi connectivity index (χ0v) is 71.6. The molecule has 6 N–H and O–H groups in total. The molecule has 0 aliphatic heterocycles. The third kappa shape index (κ3) is 33.2. The van der Waals surface area contributed by atoms with Gasteiger partial charge in [0.2, 0.25) is 0 Å². The van der Waals surface area contributed by atoms with E-state index in [0.29, 0.717) is 17.9 Å². The van der Waals surface area contributed by atoms with E-state index in [1.165, 1.54) is 78.9 Å². The molecule has 0 saturated heterocycles. The quantitative estimate of drug-likeness (QED) is 0.0732. The summed E-state index contributed by atoms with van der Waals surface area (Å²) in [5, 5.41) is 148. The summed E-state index contributed by atoms with van der Waals surface area (Å²) >= 11 is 21.3. The van der Waals surface area contributed by atoms with Crippen molar-refractivity contribution in [1.29, 1.82) is 0 Å². The van der Waals surface area contributed by atoms with Crippen LogP contribution in [0, 0.1) is 39.3 Å². The molecule has 0 aliphatic rings. The number of hydrogen-bond acceptors (Lipinski definition) is 18. The molecular weight excluding hydrogens is 2540 g/mol. The number of rotatable bonds is 9. The fraction of sp³-hybridized carbons (Fsp3) is 0. The third-order valence-corrected chi connectivity index (χ3v) is 20.3. The second kappa shape index (κ2) is 46.5. The van der Waals surface area contributed by atoms with Crippen LogP contribution in [0.1, 0.15) is 93.2 Å². The summed E-state index contributed by atoms with van der Waals surface area (Å²) in [7, 11) is 0. The molecule has 0 amide bonds. The Kier molecular flexibility index (Phi) is 43.2. The normalized spacial score (nSPS) is 9.54. The van der Waals surface area contributed by atoms with Gasteiger partial charge in [-0.25, -0.2) is 28.8 Å². The Morgan fingerprint density at radius 1 is 0.255 bits per heavy atom. The number of para-hydroxylation sites is 1. The van der Waals surface area contributed by atoms with Crippen molar-refractivity contribution in [2.75, 3.05) is 0 Å². The smallest absolute Gasteiger partial charge is 0.336 e. The lowest BCUT2D eigenvalue weighted by molar-refractivity contribution is -0.270. The zero-order chi connectivity index (χ0) is 75.0. The molecule has 98 heavy (non-hydrogen) atoms. The summed E-state index contributed by atoms with van der Waals surface area (Å²) in [4.78, 5) is 93.3. The first-order valence-electron chi connectivity index (χ1n) is 25.1. The van der Waals surface area contributed by atoms with Crippen LogP contribution in [0.5, 0.6) is 34.5 Å². The molecule has 0 heterocycles. The van der Waals surface area contributed by atoms with Gasteiger partial charge in [-0.2, -0.15) is 0 Å². The van der Waals surface area contributed by atoms with E-state index in [-0.39, 0.29) is 50.1 Å². The van der Waals surface area contributed by atoms with Gasteiger partial charge in [-0.1, -0.05) is 107 Å². The first kappa shape index (κ1) is 91.1. The fourth-order valence-electron chi connectivity index (χ4n) is 5.98. The minimum absolute atomic E-state index is 0.145. The number of carboxylic acid groups (broad SMARTS) is 9. The van der Waals surface area contributed by atoms with E-state index in [2.05, 4.69) is 22.6 Å². The van der Waals surface area contributed by atoms with Crippen LogP contribution >= 0.6 is 248 Å². The maximum absolute atomic E-state index is 11.2. The van der Waals surface area contributed by atoms with Crippen molar-refractivity contribution in [1.82, 2.24) is 0 Å². The Hall–Kier alpha value is -4.96. The van der Waals surface area contributed by atoms with E-state index in [1.54, 1.807) is 84.9 Å². The molecule has 24 nitrogen and oxygen atoms in total. The number of halogens is 11. The number of carbonyl (C=O) groups excluding carboxylic acids is 3. The van der Waals surface area contributed by atoms with Crippen molar-refractivity contribution in [3.05, 3.63) is 259 Å². The molecule has 9 aromatic rings. The van der Waals surface area contributed by atoms with Gasteiger partial charge in [0.15, 0.2) is 0 Å². The highest BCUT2D eigenvalue weighted by molar-refractivity contribution is 14.1. The van der Waals surface area contributed by atoms with Crippen LogP contribution in [0.25, 0.3) is 0 Å². The van der Waals surface area contributed by atoms with E-state index < -0.39 is 88.2 Å². The summed E-state index contributed by atoms with van der Waals surface area (Å²) in [6, 6.07) is 42.9. The second-order valence-corrected chi connectivity index (χ2v) is 30.3. The average Bonchev–Trinajstić information content (AvgIpc) is 0.859. The summed E-state index contributed by atoms with van der Waals surface area (Å²) < 4.78 is 7.48. The molecule has 9 rings (SSSR count). The van der Waals surface area contributed by atoms with Gasteiger partial charge in [-0.05, 0) is 357 Å². The molecule has 0 aliphatic carbocycles. The van der Waals surface area contributed by atoms with Crippen molar-refractivity contribution in [3.8, 4) is 34.5 Å². The standard InChI is InChI=1S/2C7H4I2O3.4C7H5IO3.3C7H5IO2/c8-3-1-4(7(11)12)6(10)5(9)2-3;8-4-2-1-3(7(11)12)6(10)5(4)9;8-4-1-2-6(9)5(3-4)7(10)11;8-4-1-2-5(7(10)11)6(9)3-4;8-4-2-1-3-5(9)6(4)7(10)11;8-5-3-1-2-4(6(5)9)7(10)11;8-6-3-1-5(2-4-6)7(9)10;8-6-3-1-2-5(4-6)7(9)10;8-6-4-2-1-3-5(6)7(9)10/h2*1-2,10H,(H,11,12);4*1-3,9H,(H,10,11);3*1-4H,(H,9,10)/p-9. The Labute approximate surface area is 704 Å². The second-order valence-electron chi connectivity index (χ2n) is 17.2. The lowest BCUT2D eigenvalue weighted by Crippen LogP contribution is -2.23. The van der Waals surface area contributed by atoms with E-state index in [9.17, 15) is 89.1 Å². The fourth-order valence-corrected chi connectivity index (χ4v) is 12.4. The molecular formula is C63H34I11O24-9. The van der Waals surface area contributed by atoms with Crippen LogP contribution in [0.3, 0.4) is 0 Å². The molecule has 9 aromatic carbocycles. The SMILES string of the molecule is O=C(O)c1c([O-])cccc1I.O=C(O)c1cc(I)cc(I)c1[O-].O=C(O)c1cc(I)ccc1[O-].O=C(O)c1ccc(I)c(I)c1[O-].O=C(O)c1ccc(I)cc1[O-].O=C(O)c1cccc(I)c1[O-].O=C([O-])c1ccc(I)cc1.O=C([O-])c1cccc(I)c1.O=C([O-])c1ccccc1I. The molecule has 0 spiro atoms. The number of aromatic carboxylic acids is 9. The van der Waals surface area contributed by atoms with Gasteiger partial charge >= 0.3 is 35.8 Å². The largest absolute Gasteiger partial charge is 0.872 e. The molecule has 0 saturated carbocycles. The van der Waals surface area contributed by atoms with Crippen LogP contribution in [-0.2, 0) is 0 Å². The third-order valence-electron chi connectivity index (χ3n) is 10.5. The Balaban J connectivity index is 0.000000552. The summed E-state index contributed by atoms with van der Waals surface area (Å²) in [5.41, 5.74) is -0.283. The minimum atomic E-state index is -1.17. The number of carboxylic acids is 9. The highest BCUT2D eigenvalue weighted by Crippen LogP contribution is 2.28. The maximum atomic E-state index is 11.2. The van der Waals surface area contributed by atoms with Crippen molar-refractivity contribution in [3.63, 3.8) is 0 Å². The predicted octanol–water partition coefficient (Wildman–Crippen LogP) is 9.55. The van der Waals surface area contributed by atoms with Crippen molar-refractivity contribution in [2.45, 2.75) is 0 Å². The van der Waals surface area contributed by atoms with Crippen LogP contribution in [0.4, 0.5) is 0 Å². The molecule has 35 heteroatoms. The molecule has 0 bridgehead atoms. The zero-order valence-electron chi connectivity index (χ0n) is 47.9. The van der Waals surface area contributed by atoms with E-state index >= 15 is 0 Å². The predicted molar refractivity (Wildman–Crippen MR) is 429 cm³/mol. The molecule has 516 valence electrons. The first-order valence-corrected chi connectivity index (χ1v) is 37.0. The van der Waals surface area contributed by atoms with E-state index in [4.69, 9.17) is 30.6 Å². The van der Waals surface area contributed by atoms with Gasteiger partial charge in [-0.15, -0.1) is 0 Å². The van der Waals surface area contributed by atoms with Gasteiger partial charge in [0, 0.05) is 44.8 Å². The van der Waals surface area contributed by atoms with Crippen molar-refractivity contribution < 1.29 is 120 Å². The van der Waals surface area contributed by atoms with Crippen LogP contribution in [0.2, 0.25) is 0 Å². The average molecular weight is 2570 g/mol. The summed E-state index contributed by atoms with van der Waals surface area (Å²) in [6.45, 7) is 0. The van der Waals surface area contributed by atoms with E-state index in [1.807, 2.05) is 232 Å². The van der Waals surface area contributed by atoms with Crippen LogP contribution < -0.4 is 46.0 Å². The Morgan fingerprint density at radius 2 is 0.684 bits per heavy atom. The minimum Gasteiger partial charge on any atom is -0.872 e. The lowest BCUT2D eigenvalue weighted by atomic mass is 10.2. The van der Waals surface area contributed by atoms with Gasteiger partial charge < -0.3 is 91.0 Å². The van der Waals surface area contributed by atoms with Crippen LogP contribution in [0.15, 0.2) is 170 Å². The van der Waals surface area contributed by atoms with Gasteiger partial charge in [0.25, 0.3) is 0 Å². The molecule has 0 radical (unpaired) electrons. The van der Waals surface area contributed by atoms with Gasteiger partial charge in [-0.3, -0.25) is 0 Å². The Bertz CT molecular complexity index is 4310.